The summed E-state index contributed by atoms with van der Waals surface area (Å²) in [5.74, 6) is -0.611. The van der Waals surface area contributed by atoms with Crippen LogP contribution in [0.15, 0.2) is 0 Å². The van der Waals surface area contributed by atoms with Crippen molar-refractivity contribution >= 4 is 23.6 Å². The zero-order valence-corrected chi connectivity index (χ0v) is 8.46. The molecule has 1 heterocycles. The molecule has 1 fully saturated rings. The van der Waals surface area contributed by atoms with Gasteiger partial charge in [-0.2, -0.15) is 0 Å². The minimum Gasteiger partial charge on any atom is -0.480 e. The summed E-state index contributed by atoms with van der Waals surface area (Å²) in [7, 11) is 0. The molecule has 0 spiro atoms. The van der Waals surface area contributed by atoms with E-state index >= 15 is 0 Å². The number of rotatable bonds is 3. The molecule has 5 nitrogen and oxygen atoms in total. The number of alkyl halides is 1. The lowest BCUT2D eigenvalue weighted by Crippen LogP contribution is -2.46. The quantitative estimate of drug-likeness (QED) is 0.680. The maximum Gasteiger partial charge on any atom is 0.326 e. The van der Waals surface area contributed by atoms with Crippen LogP contribution in [0, 0.1) is 0 Å². The maximum absolute atomic E-state index is 11.4. The van der Waals surface area contributed by atoms with Crippen molar-refractivity contribution in [1.82, 2.24) is 10.2 Å². The van der Waals surface area contributed by atoms with Gasteiger partial charge in [0.15, 0.2) is 0 Å². The highest BCUT2D eigenvalue weighted by atomic mass is 35.5. The summed E-state index contributed by atoms with van der Waals surface area (Å²) in [5, 5.41) is 11.4. The van der Waals surface area contributed by atoms with E-state index < -0.39 is 12.0 Å². The van der Waals surface area contributed by atoms with Gasteiger partial charge in [-0.3, -0.25) is 0 Å². The Hall–Kier alpha value is -0.970. The second-order valence-corrected chi connectivity index (χ2v) is 3.49. The fraction of sp³-hybridized carbons (Fsp3) is 0.750. The number of carboxylic acids is 1. The standard InChI is InChI=1S/C8H13ClN2O3/c9-3-4-10-8(14)11-5-1-2-6(11)7(12)13/h6H,1-5H2,(H,10,14)(H,12,13)/t6-/m0/s1. The van der Waals surface area contributed by atoms with E-state index in [0.29, 0.717) is 25.4 Å². The Morgan fingerprint density at radius 1 is 1.57 bits per heavy atom. The Bertz CT molecular complexity index is 235. The van der Waals surface area contributed by atoms with Gasteiger partial charge >= 0.3 is 12.0 Å². The number of hydrogen-bond donors (Lipinski definition) is 2. The lowest BCUT2D eigenvalue weighted by Gasteiger charge is -2.21. The van der Waals surface area contributed by atoms with Gasteiger partial charge in [0.2, 0.25) is 0 Å². The van der Waals surface area contributed by atoms with Gasteiger partial charge in [-0.25, -0.2) is 9.59 Å². The number of carbonyl (C=O) groups is 2. The molecule has 1 rings (SSSR count). The van der Waals surface area contributed by atoms with E-state index in [-0.39, 0.29) is 6.03 Å². The molecular formula is C8H13ClN2O3. The molecular weight excluding hydrogens is 208 g/mol. The molecule has 1 aliphatic heterocycles. The number of carboxylic acid groups (broad SMARTS) is 1. The minimum absolute atomic E-state index is 0.331. The van der Waals surface area contributed by atoms with Crippen LogP contribution in [0.5, 0.6) is 0 Å². The molecule has 0 aromatic carbocycles. The molecule has 0 aliphatic carbocycles. The highest BCUT2D eigenvalue weighted by Crippen LogP contribution is 2.16. The monoisotopic (exact) mass is 220 g/mol. The first-order valence-corrected chi connectivity index (χ1v) is 5.03. The van der Waals surface area contributed by atoms with E-state index in [1.807, 2.05) is 0 Å². The molecule has 2 amide bonds. The molecule has 14 heavy (non-hydrogen) atoms. The molecule has 1 saturated heterocycles. The molecule has 0 radical (unpaired) electrons. The summed E-state index contributed by atoms with van der Waals surface area (Å²) in [6.07, 6.45) is 1.27. The first kappa shape index (κ1) is 11.1. The summed E-state index contributed by atoms with van der Waals surface area (Å²) in [6, 6.07) is -1.01. The largest absolute Gasteiger partial charge is 0.480 e. The third kappa shape index (κ3) is 2.51. The highest BCUT2D eigenvalue weighted by Gasteiger charge is 2.33. The second-order valence-electron chi connectivity index (χ2n) is 3.11. The van der Waals surface area contributed by atoms with Crippen LogP contribution < -0.4 is 5.32 Å². The SMILES string of the molecule is O=C(O)[C@@H]1CCCN1C(=O)NCCCl. The fourth-order valence-corrected chi connectivity index (χ4v) is 1.62. The molecule has 0 aromatic rings. The summed E-state index contributed by atoms with van der Waals surface area (Å²) >= 11 is 5.40. The fourth-order valence-electron chi connectivity index (χ4n) is 1.52. The Labute approximate surface area is 87.0 Å². The number of nitrogens with zero attached hydrogens (tertiary/aromatic N) is 1. The second kappa shape index (κ2) is 5.05. The van der Waals surface area contributed by atoms with Crippen molar-refractivity contribution < 1.29 is 14.7 Å². The predicted molar refractivity (Wildman–Crippen MR) is 51.5 cm³/mol. The third-order valence-corrected chi connectivity index (χ3v) is 2.36. The van der Waals surface area contributed by atoms with Crippen LogP contribution in [0.2, 0.25) is 0 Å². The van der Waals surface area contributed by atoms with E-state index in [2.05, 4.69) is 5.32 Å². The Morgan fingerprint density at radius 2 is 2.29 bits per heavy atom. The van der Waals surface area contributed by atoms with E-state index in [9.17, 15) is 9.59 Å². The molecule has 0 bridgehead atoms. The van der Waals surface area contributed by atoms with Crippen molar-refractivity contribution in [3.63, 3.8) is 0 Å². The van der Waals surface area contributed by atoms with Gasteiger partial charge in [0, 0.05) is 19.0 Å². The maximum atomic E-state index is 11.4. The Kier molecular flexibility index (Phi) is 4.00. The smallest absolute Gasteiger partial charge is 0.326 e. The Morgan fingerprint density at radius 3 is 2.86 bits per heavy atom. The number of likely N-dealkylation sites (tertiary alicyclic amines) is 1. The number of amides is 2. The van der Waals surface area contributed by atoms with Crippen LogP contribution in [0.25, 0.3) is 0 Å². The molecule has 1 aliphatic rings. The molecule has 2 N–H and O–H groups in total. The van der Waals surface area contributed by atoms with Crippen LogP contribution in [0.3, 0.4) is 0 Å². The van der Waals surface area contributed by atoms with E-state index in [1.54, 1.807) is 0 Å². The number of nitrogens with one attached hydrogen (secondary N) is 1. The van der Waals surface area contributed by atoms with Gasteiger partial charge in [-0.05, 0) is 12.8 Å². The number of carbonyl (C=O) groups excluding carboxylic acids is 1. The summed E-state index contributed by atoms with van der Waals surface area (Å²) < 4.78 is 0. The zero-order valence-electron chi connectivity index (χ0n) is 7.70. The zero-order chi connectivity index (χ0) is 10.6. The van der Waals surface area contributed by atoms with Gasteiger partial charge in [0.05, 0.1) is 0 Å². The highest BCUT2D eigenvalue weighted by molar-refractivity contribution is 6.18. The first-order valence-electron chi connectivity index (χ1n) is 4.50. The van der Waals surface area contributed by atoms with Gasteiger partial charge in [0.25, 0.3) is 0 Å². The van der Waals surface area contributed by atoms with E-state index in [4.69, 9.17) is 16.7 Å². The minimum atomic E-state index is -0.941. The lowest BCUT2D eigenvalue weighted by atomic mass is 10.2. The summed E-state index contributed by atoms with van der Waals surface area (Å²) in [5.41, 5.74) is 0. The van der Waals surface area contributed by atoms with Gasteiger partial charge in [0.1, 0.15) is 6.04 Å². The molecule has 6 heteroatoms. The third-order valence-electron chi connectivity index (χ3n) is 2.17. The number of hydrogen-bond acceptors (Lipinski definition) is 2. The average molecular weight is 221 g/mol. The molecule has 0 saturated carbocycles. The normalized spacial score (nSPS) is 20.9. The van der Waals surface area contributed by atoms with Gasteiger partial charge in [-0.15, -0.1) is 11.6 Å². The van der Waals surface area contributed by atoms with Crippen molar-refractivity contribution in [2.24, 2.45) is 0 Å². The number of aliphatic carboxylic acids is 1. The van der Waals surface area contributed by atoms with Crippen LogP contribution in [0.1, 0.15) is 12.8 Å². The van der Waals surface area contributed by atoms with Crippen LogP contribution in [-0.2, 0) is 4.79 Å². The molecule has 1 atom stereocenters. The van der Waals surface area contributed by atoms with Crippen molar-refractivity contribution in [3.05, 3.63) is 0 Å². The molecule has 0 aromatic heterocycles. The molecule has 0 unspecified atom stereocenters. The van der Waals surface area contributed by atoms with Crippen LogP contribution in [0.4, 0.5) is 4.79 Å². The summed E-state index contributed by atoms with van der Waals surface area (Å²) in [4.78, 5) is 23.5. The van der Waals surface area contributed by atoms with E-state index in [1.165, 1.54) is 4.90 Å². The van der Waals surface area contributed by atoms with E-state index in [0.717, 1.165) is 6.42 Å². The van der Waals surface area contributed by atoms with Gasteiger partial charge in [-0.1, -0.05) is 0 Å². The van der Waals surface area contributed by atoms with Crippen LogP contribution >= 0.6 is 11.6 Å². The first-order chi connectivity index (χ1) is 6.66. The number of urea groups is 1. The summed E-state index contributed by atoms with van der Waals surface area (Å²) in [6.45, 7) is 0.869. The molecule has 80 valence electrons. The van der Waals surface area contributed by atoms with Crippen molar-refractivity contribution in [2.45, 2.75) is 18.9 Å². The van der Waals surface area contributed by atoms with Crippen molar-refractivity contribution in [1.29, 1.82) is 0 Å². The predicted octanol–water partition coefficient (Wildman–Crippen LogP) is 0.484. The Balaban J connectivity index is 2.49. The van der Waals surface area contributed by atoms with Crippen LogP contribution in [-0.4, -0.2) is 47.0 Å². The topological polar surface area (TPSA) is 69.6 Å². The van der Waals surface area contributed by atoms with Crippen molar-refractivity contribution in [3.8, 4) is 0 Å². The lowest BCUT2D eigenvalue weighted by molar-refractivity contribution is -0.141. The van der Waals surface area contributed by atoms with Crippen molar-refractivity contribution in [2.75, 3.05) is 19.0 Å². The number of halogens is 1. The average Bonchev–Trinajstić information content (AvgIpc) is 2.62. The van der Waals surface area contributed by atoms with Gasteiger partial charge < -0.3 is 15.3 Å².